The summed E-state index contributed by atoms with van der Waals surface area (Å²) in [5.74, 6) is -0.105. The Bertz CT molecular complexity index is 415. The topological polar surface area (TPSA) is 52.6 Å². The number of carbonyl (C=O) groups excluding carboxylic acids is 2. The molecule has 0 aliphatic rings. The predicted octanol–water partition coefficient (Wildman–Crippen LogP) is 2.45. The van der Waals surface area contributed by atoms with Crippen LogP contribution < -0.4 is 4.74 Å². The van der Waals surface area contributed by atoms with E-state index in [2.05, 4.69) is 15.9 Å². The number of esters is 1. The van der Waals surface area contributed by atoms with Gasteiger partial charge in [0.1, 0.15) is 5.75 Å². The number of aldehydes is 1. The molecule has 0 spiro atoms. The lowest BCUT2D eigenvalue weighted by molar-refractivity contribution is 0.0524. The van der Waals surface area contributed by atoms with Crippen molar-refractivity contribution in [1.82, 2.24) is 0 Å². The van der Waals surface area contributed by atoms with Gasteiger partial charge in [0.05, 0.1) is 24.8 Å². The molecule has 0 atom stereocenters. The maximum atomic E-state index is 11.5. The zero-order valence-corrected chi connectivity index (χ0v) is 10.5. The number of benzene rings is 1. The Morgan fingerprint density at radius 1 is 1.50 bits per heavy atom. The standard InChI is InChI=1S/C11H11BrO4/c1-3-16-11(14)8-5-10(15-2)7(6-13)4-9(8)12/h4-6H,3H2,1-2H3. The van der Waals surface area contributed by atoms with E-state index in [1.165, 1.54) is 19.2 Å². The average molecular weight is 287 g/mol. The van der Waals surface area contributed by atoms with Gasteiger partial charge in [-0.3, -0.25) is 4.79 Å². The van der Waals surface area contributed by atoms with Crippen LogP contribution in [-0.4, -0.2) is 26.0 Å². The summed E-state index contributed by atoms with van der Waals surface area (Å²) in [7, 11) is 1.44. The summed E-state index contributed by atoms with van der Waals surface area (Å²) in [5, 5.41) is 0. The van der Waals surface area contributed by atoms with E-state index in [9.17, 15) is 9.59 Å². The second-order valence-corrected chi connectivity index (χ2v) is 3.77. The van der Waals surface area contributed by atoms with Crippen molar-refractivity contribution < 1.29 is 19.1 Å². The van der Waals surface area contributed by atoms with Gasteiger partial charge in [0, 0.05) is 4.47 Å². The van der Waals surface area contributed by atoms with E-state index in [0.29, 0.717) is 34.2 Å². The largest absolute Gasteiger partial charge is 0.496 e. The Kier molecular flexibility index (Phi) is 4.49. The summed E-state index contributed by atoms with van der Waals surface area (Å²) in [5.41, 5.74) is 0.715. The molecule has 0 aromatic heterocycles. The zero-order chi connectivity index (χ0) is 12.1. The van der Waals surface area contributed by atoms with Gasteiger partial charge in [-0.1, -0.05) is 0 Å². The van der Waals surface area contributed by atoms with Gasteiger partial charge in [0.2, 0.25) is 0 Å². The lowest BCUT2D eigenvalue weighted by atomic mass is 10.1. The second-order valence-electron chi connectivity index (χ2n) is 2.91. The fourth-order valence-electron chi connectivity index (χ4n) is 1.20. The number of rotatable bonds is 4. The molecule has 0 amide bonds. The Morgan fingerprint density at radius 3 is 2.69 bits per heavy atom. The van der Waals surface area contributed by atoms with Gasteiger partial charge in [-0.05, 0) is 35.0 Å². The molecule has 0 heterocycles. The highest BCUT2D eigenvalue weighted by Gasteiger charge is 2.15. The van der Waals surface area contributed by atoms with E-state index in [-0.39, 0.29) is 0 Å². The van der Waals surface area contributed by atoms with Crippen LogP contribution in [0, 0.1) is 0 Å². The van der Waals surface area contributed by atoms with Crippen molar-refractivity contribution in [3.8, 4) is 5.75 Å². The maximum absolute atomic E-state index is 11.5. The van der Waals surface area contributed by atoms with Gasteiger partial charge in [0.25, 0.3) is 0 Å². The molecule has 0 aliphatic heterocycles. The molecule has 0 N–H and O–H groups in total. The van der Waals surface area contributed by atoms with Crippen LogP contribution in [0.4, 0.5) is 0 Å². The van der Waals surface area contributed by atoms with Gasteiger partial charge in [0.15, 0.2) is 6.29 Å². The molecule has 0 saturated heterocycles. The molecular formula is C11H11BrO4. The van der Waals surface area contributed by atoms with Crippen molar-refractivity contribution in [2.75, 3.05) is 13.7 Å². The Morgan fingerprint density at radius 2 is 2.19 bits per heavy atom. The average Bonchev–Trinajstić information content (AvgIpc) is 2.28. The maximum Gasteiger partial charge on any atom is 0.339 e. The highest BCUT2D eigenvalue weighted by atomic mass is 79.9. The number of hydrogen-bond acceptors (Lipinski definition) is 4. The number of hydrogen-bond donors (Lipinski definition) is 0. The molecule has 0 bridgehead atoms. The second kappa shape index (κ2) is 5.65. The van der Waals surface area contributed by atoms with Crippen LogP contribution in [0.5, 0.6) is 5.75 Å². The molecule has 0 saturated carbocycles. The Hall–Kier alpha value is -1.36. The van der Waals surface area contributed by atoms with Crippen molar-refractivity contribution in [2.45, 2.75) is 6.92 Å². The van der Waals surface area contributed by atoms with Crippen LogP contribution in [0.25, 0.3) is 0 Å². The smallest absolute Gasteiger partial charge is 0.339 e. The van der Waals surface area contributed by atoms with E-state index in [0.717, 1.165) is 0 Å². The summed E-state index contributed by atoms with van der Waals surface area (Å²) < 4.78 is 10.4. The van der Waals surface area contributed by atoms with Crippen LogP contribution in [0.3, 0.4) is 0 Å². The van der Waals surface area contributed by atoms with Crippen molar-refractivity contribution in [3.63, 3.8) is 0 Å². The first-order valence-corrected chi connectivity index (χ1v) is 5.43. The number of ether oxygens (including phenoxy) is 2. The molecule has 4 nitrogen and oxygen atoms in total. The summed E-state index contributed by atoms with van der Waals surface area (Å²) in [6.45, 7) is 2.02. The van der Waals surface area contributed by atoms with Crippen molar-refractivity contribution in [1.29, 1.82) is 0 Å². The molecule has 86 valence electrons. The molecule has 16 heavy (non-hydrogen) atoms. The van der Waals surface area contributed by atoms with Gasteiger partial charge in [-0.25, -0.2) is 4.79 Å². The number of methoxy groups -OCH3 is 1. The highest BCUT2D eigenvalue weighted by molar-refractivity contribution is 9.10. The number of carbonyl (C=O) groups is 2. The summed E-state index contributed by atoms with van der Waals surface area (Å²) >= 11 is 3.21. The zero-order valence-electron chi connectivity index (χ0n) is 8.95. The molecule has 0 fully saturated rings. The van der Waals surface area contributed by atoms with Crippen LogP contribution in [0.1, 0.15) is 27.6 Å². The minimum atomic E-state index is -0.454. The van der Waals surface area contributed by atoms with E-state index in [1.54, 1.807) is 6.92 Å². The van der Waals surface area contributed by atoms with E-state index >= 15 is 0 Å². The first-order chi connectivity index (χ1) is 7.63. The van der Waals surface area contributed by atoms with Gasteiger partial charge in [-0.15, -0.1) is 0 Å². The predicted molar refractivity (Wildman–Crippen MR) is 62.0 cm³/mol. The molecule has 1 aromatic rings. The third-order valence-electron chi connectivity index (χ3n) is 1.94. The molecule has 1 rings (SSSR count). The third kappa shape index (κ3) is 2.61. The molecule has 0 aliphatic carbocycles. The molecule has 0 unspecified atom stereocenters. The van der Waals surface area contributed by atoms with E-state index < -0.39 is 5.97 Å². The third-order valence-corrected chi connectivity index (χ3v) is 2.60. The van der Waals surface area contributed by atoms with Gasteiger partial charge in [-0.2, -0.15) is 0 Å². The molecule has 1 aromatic carbocycles. The minimum absolute atomic E-state index is 0.295. The molecule has 5 heteroatoms. The summed E-state index contributed by atoms with van der Waals surface area (Å²) in [6, 6.07) is 3.00. The quantitative estimate of drug-likeness (QED) is 0.630. The van der Waals surface area contributed by atoms with Crippen LogP contribution in [0.15, 0.2) is 16.6 Å². The van der Waals surface area contributed by atoms with Crippen molar-refractivity contribution in [2.24, 2.45) is 0 Å². The normalized spacial score (nSPS) is 9.69. The van der Waals surface area contributed by atoms with Crippen molar-refractivity contribution >= 4 is 28.2 Å². The highest BCUT2D eigenvalue weighted by Crippen LogP contribution is 2.26. The van der Waals surface area contributed by atoms with Crippen LogP contribution in [0.2, 0.25) is 0 Å². The van der Waals surface area contributed by atoms with E-state index in [1.807, 2.05) is 0 Å². The summed E-state index contributed by atoms with van der Waals surface area (Å²) in [4.78, 5) is 22.3. The van der Waals surface area contributed by atoms with Gasteiger partial charge < -0.3 is 9.47 Å². The monoisotopic (exact) mass is 286 g/mol. The fourth-order valence-corrected chi connectivity index (χ4v) is 1.73. The minimum Gasteiger partial charge on any atom is -0.496 e. The van der Waals surface area contributed by atoms with Gasteiger partial charge >= 0.3 is 5.97 Å². The van der Waals surface area contributed by atoms with Crippen LogP contribution >= 0.6 is 15.9 Å². The Labute approximate surface area is 102 Å². The lowest BCUT2D eigenvalue weighted by Crippen LogP contribution is -2.06. The van der Waals surface area contributed by atoms with E-state index in [4.69, 9.17) is 9.47 Å². The van der Waals surface area contributed by atoms with Crippen molar-refractivity contribution in [3.05, 3.63) is 27.7 Å². The van der Waals surface area contributed by atoms with Crippen LogP contribution in [-0.2, 0) is 4.74 Å². The number of halogens is 1. The SMILES string of the molecule is CCOC(=O)c1cc(OC)c(C=O)cc1Br. The summed E-state index contributed by atoms with van der Waals surface area (Å²) in [6.07, 6.45) is 0.665. The molecular weight excluding hydrogens is 276 g/mol. The molecule has 0 radical (unpaired) electrons. The Balaban J connectivity index is 3.20. The lowest BCUT2D eigenvalue weighted by Gasteiger charge is -2.08. The first-order valence-electron chi connectivity index (χ1n) is 4.63. The fraction of sp³-hybridized carbons (Fsp3) is 0.273. The first kappa shape index (κ1) is 12.7.